The molecule has 0 radical (unpaired) electrons. The third-order valence-electron chi connectivity index (χ3n) is 4.53. The van der Waals surface area contributed by atoms with E-state index in [1.54, 1.807) is 17.5 Å². The van der Waals surface area contributed by atoms with Crippen molar-refractivity contribution in [2.75, 3.05) is 31.2 Å². The minimum atomic E-state index is 0.0933. The molecule has 25 heavy (non-hydrogen) atoms. The third kappa shape index (κ3) is 3.66. The Labute approximate surface area is 150 Å². The number of hydrogen-bond acceptors (Lipinski definition) is 6. The average Bonchev–Trinajstić information content (AvgIpc) is 3.11. The maximum Gasteiger partial charge on any atom is 0.130 e. The minimum Gasteiger partial charge on any atom is -0.394 e. The fraction of sp³-hybridized carbons (Fsp3) is 0.368. The average molecular weight is 355 g/mol. The van der Waals surface area contributed by atoms with Crippen LogP contribution in [0.25, 0.3) is 20.7 Å². The lowest BCUT2D eigenvalue weighted by Gasteiger charge is -2.32. The van der Waals surface area contributed by atoms with Gasteiger partial charge in [0.05, 0.1) is 19.3 Å². The van der Waals surface area contributed by atoms with E-state index in [-0.39, 0.29) is 12.7 Å². The Kier molecular flexibility index (Phi) is 4.92. The Balaban J connectivity index is 1.50. The van der Waals surface area contributed by atoms with Gasteiger partial charge in [0.15, 0.2) is 0 Å². The molecule has 1 aliphatic heterocycles. The molecule has 1 aliphatic rings. The van der Waals surface area contributed by atoms with Crippen LogP contribution in [0.3, 0.4) is 0 Å². The fourth-order valence-electron chi connectivity index (χ4n) is 3.21. The van der Waals surface area contributed by atoms with Crippen molar-refractivity contribution in [3.8, 4) is 10.4 Å². The summed E-state index contributed by atoms with van der Waals surface area (Å²) in [6.45, 7) is 2.40. The Morgan fingerprint density at radius 2 is 2.12 bits per heavy atom. The molecule has 4 heterocycles. The number of rotatable bonds is 5. The quantitative estimate of drug-likeness (QED) is 0.761. The summed E-state index contributed by atoms with van der Waals surface area (Å²) in [4.78, 5) is 13.7. The highest BCUT2D eigenvalue weighted by molar-refractivity contribution is 7.21. The van der Waals surface area contributed by atoms with E-state index in [2.05, 4.69) is 34.1 Å². The van der Waals surface area contributed by atoms with Crippen molar-refractivity contribution in [1.82, 2.24) is 9.97 Å². The van der Waals surface area contributed by atoms with Gasteiger partial charge in [-0.1, -0.05) is 6.07 Å². The van der Waals surface area contributed by atoms with E-state index in [0.717, 1.165) is 42.1 Å². The lowest BCUT2D eigenvalue weighted by Crippen LogP contribution is -2.37. The van der Waals surface area contributed by atoms with Crippen LogP contribution in [0.4, 0.5) is 5.82 Å². The number of piperidine rings is 1. The molecule has 0 atom stereocenters. The Morgan fingerprint density at radius 3 is 2.88 bits per heavy atom. The summed E-state index contributed by atoms with van der Waals surface area (Å²) in [6.07, 6.45) is 5.89. The first-order valence-electron chi connectivity index (χ1n) is 8.62. The van der Waals surface area contributed by atoms with Crippen LogP contribution in [0.1, 0.15) is 12.8 Å². The second-order valence-electron chi connectivity index (χ2n) is 6.20. The van der Waals surface area contributed by atoms with Gasteiger partial charge in [-0.05, 0) is 37.1 Å². The zero-order valence-electron chi connectivity index (χ0n) is 14.0. The number of aliphatic hydroxyl groups excluding tert-OH is 1. The highest BCUT2D eigenvalue weighted by atomic mass is 32.1. The second-order valence-corrected chi connectivity index (χ2v) is 7.23. The Hall–Kier alpha value is -2.02. The second kappa shape index (κ2) is 7.47. The van der Waals surface area contributed by atoms with E-state index in [0.29, 0.717) is 6.61 Å². The van der Waals surface area contributed by atoms with E-state index in [1.165, 1.54) is 10.3 Å². The molecular weight excluding hydrogens is 334 g/mol. The van der Waals surface area contributed by atoms with Crippen molar-refractivity contribution in [3.63, 3.8) is 0 Å². The molecule has 0 amide bonds. The number of aromatic nitrogens is 2. The smallest absolute Gasteiger partial charge is 0.130 e. The molecule has 0 unspecified atom stereocenters. The molecule has 130 valence electrons. The van der Waals surface area contributed by atoms with Crippen LogP contribution in [0, 0.1) is 0 Å². The van der Waals surface area contributed by atoms with Crippen molar-refractivity contribution >= 4 is 27.4 Å². The van der Waals surface area contributed by atoms with E-state index >= 15 is 0 Å². The number of anilines is 1. The van der Waals surface area contributed by atoms with Gasteiger partial charge >= 0.3 is 0 Å². The number of thiophene rings is 1. The fourth-order valence-corrected chi connectivity index (χ4v) is 4.22. The van der Waals surface area contributed by atoms with Crippen LogP contribution in [0.2, 0.25) is 0 Å². The van der Waals surface area contributed by atoms with Gasteiger partial charge in [0.2, 0.25) is 0 Å². The van der Waals surface area contributed by atoms with E-state index < -0.39 is 0 Å². The normalized spacial score (nSPS) is 15.8. The summed E-state index contributed by atoms with van der Waals surface area (Å²) in [5, 5.41) is 10.0. The predicted octanol–water partition coefficient (Wildman–Crippen LogP) is 3.34. The van der Waals surface area contributed by atoms with Gasteiger partial charge in [0.25, 0.3) is 0 Å². The number of nitrogens with zero attached hydrogens (tertiary/aromatic N) is 3. The molecule has 3 aromatic heterocycles. The summed E-state index contributed by atoms with van der Waals surface area (Å²) in [5.41, 5.74) is 1.13. The third-order valence-corrected chi connectivity index (χ3v) is 5.62. The summed E-state index contributed by atoms with van der Waals surface area (Å²) < 4.78 is 5.64. The Bertz CT molecular complexity index is 829. The number of hydrogen-bond donors (Lipinski definition) is 1. The molecule has 3 aromatic rings. The van der Waals surface area contributed by atoms with E-state index in [4.69, 9.17) is 14.8 Å². The van der Waals surface area contributed by atoms with Crippen LogP contribution in [0.5, 0.6) is 0 Å². The molecular formula is C19H21N3O2S. The van der Waals surface area contributed by atoms with Gasteiger partial charge in [0, 0.05) is 41.3 Å². The Morgan fingerprint density at radius 1 is 1.24 bits per heavy atom. The maximum atomic E-state index is 8.86. The summed E-state index contributed by atoms with van der Waals surface area (Å²) in [7, 11) is 0. The number of fused-ring (bicyclic) bond motifs is 1. The van der Waals surface area contributed by atoms with Gasteiger partial charge in [0.1, 0.15) is 10.6 Å². The first-order valence-corrected chi connectivity index (χ1v) is 9.43. The number of aliphatic hydroxyl groups is 1. The lowest BCUT2D eigenvalue weighted by atomic mass is 10.1. The highest BCUT2D eigenvalue weighted by Gasteiger charge is 2.21. The molecule has 5 nitrogen and oxygen atoms in total. The zero-order chi connectivity index (χ0) is 17.1. The monoisotopic (exact) mass is 355 g/mol. The van der Waals surface area contributed by atoms with Crippen LogP contribution in [0.15, 0.2) is 42.7 Å². The molecule has 6 heteroatoms. The van der Waals surface area contributed by atoms with Crippen LogP contribution in [-0.4, -0.2) is 47.5 Å². The molecule has 0 aliphatic carbocycles. The highest BCUT2D eigenvalue weighted by Crippen LogP contribution is 2.33. The zero-order valence-corrected chi connectivity index (χ0v) is 14.8. The minimum absolute atomic E-state index is 0.0933. The number of pyridine rings is 2. The maximum absolute atomic E-state index is 8.86. The van der Waals surface area contributed by atoms with Crippen LogP contribution < -0.4 is 4.90 Å². The predicted molar refractivity (Wildman–Crippen MR) is 101 cm³/mol. The van der Waals surface area contributed by atoms with Crippen molar-refractivity contribution in [3.05, 3.63) is 42.7 Å². The largest absolute Gasteiger partial charge is 0.394 e. The molecule has 1 N–H and O–H groups in total. The van der Waals surface area contributed by atoms with Crippen molar-refractivity contribution in [1.29, 1.82) is 0 Å². The SMILES string of the molecule is OCCOC1CCN(c2ccc3cc(-c4cccnc4)sc3n2)CC1. The van der Waals surface area contributed by atoms with Crippen molar-refractivity contribution in [2.24, 2.45) is 0 Å². The van der Waals surface area contributed by atoms with Crippen molar-refractivity contribution < 1.29 is 9.84 Å². The first-order chi connectivity index (χ1) is 12.3. The van der Waals surface area contributed by atoms with Gasteiger partial charge in [-0.2, -0.15) is 0 Å². The van der Waals surface area contributed by atoms with Crippen LogP contribution >= 0.6 is 11.3 Å². The van der Waals surface area contributed by atoms with Gasteiger partial charge in [-0.15, -0.1) is 11.3 Å². The van der Waals surface area contributed by atoms with Crippen molar-refractivity contribution in [2.45, 2.75) is 18.9 Å². The standard InChI is InChI=1S/C19H21N3O2S/c23-10-11-24-16-5-8-22(9-6-16)18-4-3-14-12-17(25-19(14)21-18)15-2-1-7-20-13-15/h1-4,7,12-13,16,23H,5-6,8-11H2. The molecule has 0 saturated carbocycles. The molecule has 0 aromatic carbocycles. The molecule has 1 fully saturated rings. The van der Waals surface area contributed by atoms with E-state index in [1.807, 2.05) is 12.3 Å². The van der Waals surface area contributed by atoms with Crippen LogP contribution in [-0.2, 0) is 4.74 Å². The molecule has 1 saturated heterocycles. The van der Waals surface area contributed by atoms with E-state index in [9.17, 15) is 0 Å². The van der Waals surface area contributed by atoms with Gasteiger partial charge in [-0.3, -0.25) is 4.98 Å². The number of ether oxygens (including phenoxy) is 1. The summed E-state index contributed by atoms with van der Waals surface area (Å²) >= 11 is 1.71. The molecule has 0 bridgehead atoms. The molecule has 4 rings (SSSR count). The summed E-state index contributed by atoms with van der Waals surface area (Å²) in [5.74, 6) is 1.03. The lowest BCUT2D eigenvalue weighted by molar-refractivity contribution is 0.0158. The molecule has 0 spiro atoms. The van der Waals surface area contributed by atoms with Gasteiger partial charge in [-0.25, -0.2) is 4.98 Å². The topological polar surface area (TPSA) is 58.5 Å². The van der Waals surface area contributed by atoms with Gasteiger partial charge < -0.3 is 14.7 Å². The first kappa shape index (κ1) is 16.4. The summed E-state index contributed by atoms with van der Waals surface area (Å²) in [6, 6.07) is 10.5.